The molecule has 0 saturated carbocycles. The summed E-state index contributed by atoms with van der Waals surface area (Å²) in [5.74, 6) is 0.665. The van der Waals surface area contributed by atoms with Gasteiger partial charge in [-0.05, 0) is 26.2 Å². The molecule has 0 aliphatic rings. The number of ether oxygens (including phenoxy) is 1. The Morgan fingerprint density at radius 2 is 2.14 bits per heavy atom. The van der Waals surface area contributed by atoms with Crippen molar-refractivity contribution in [1.29, 1.82) is 0 Å². The topological polar surface area (TPSA) is 69.2 Å². The summed E-state index contributed by atoms with van der Waals surface area (Å²) in [4.78, 5) is 6.37. The minimum atomic E-state index is -0.415. The molecule has 0 aliphatic carbocycles. The summed E-state index contributed by atoms with van der Waals surface area (Å²) in [5.41, 5.74) is 7.87. The van der Waals surface area contributed by atoms with E-state index in [1.54, 1.807) is 25.6 Å². The highest BCUT2D eigenvalue weighted by Gasteiger charge is 2.21. The van der Waals surface area contributed by atoms with Gasteiger partial charge < -0.3 is 15.4 Å². The van der Waals surface area contributed by atoms with Crippen molar-refractivity contribution in [1.82, 2.24) is 19.7 Å². The van der Waals surface area contributed by atoms with Crippen molar-refractivity contribution < 1.29 is 4.74 Å². The van der Waals surface area contributed by atoms with Gasteiger partial charge in [-0.1, -0.05) is 11.6 Å². The molecule has 2 aromatic rings. The number of likely N-dealkylation sites (N-methyl/N-ethyl adjacent to an activating group) is 1. The number of nitrogens with zero attached hydrogens (tertiary/aromatic N) is 4. The van der Waals surface area contributed by atoms with E-state index in [0.717, 1.165) is 24.5 Å². The van der Waals surface area contributed by atoms with Crippen LogP contribution in [-0.2, 0) is 6.54 Å². The second kappa shape index (κ2) is 6.89. The van der Waals surface area contributed by atoms with E-state index >= 15 is 0 Å². The highest BCUT2D eigenvalue weighted by Crippen LogP contribution is 2.27. The van der Waals surface area contributed by atoms with Crippen molar-refractivity contribution in [3.8, 4) is 5.75 Å². The number of pyridine rings is 1. The molecule has 0 spiro atoms. The number of hydrogen-bond acceptors (Lipinski definition) is 5. The van der Waals surface area contributed by atoms with Gasteiger partial charge in [-0.25, -0.2) is 0 Å². The molecule has 2 aromatic heterocycles. The molecule has 7 heteroatoms. The lowest BCUT2D eigenvalue weighted by Crippen LogP contribution is -2.24. The third-order valence-corrected chi connectivity index (χ3v) is 3.41. The Labute approximate surface area is 129 Å². The monoisotopic (exact) mass is 309 g/mol. The SMILES string of the molecule is COc1cnn(CCN(C)C)c1C(N)c1ccc(Cl)cn1. The Morgan fingerprint density at radius 1 is 1.38 bits per heavy atom. The fourth-order valence-corrected chi connectivity index (χ4v) is 2.14. The van der Waals surface area contributed by atoms with Gasteiger partial charge in [0.2, 0.25) is 0 Å². The van der Waals surface area contributed by atoms with E-state index in [9.17, 15) is 0 Å². The average molecular weight is 310 g/mol. The number of halogens is 1. The molecule has 1 unspecified atom stereocenters. The summed E-state index contributed by atoms with van der Waals surface area (Å²) in [6.45, 7) is 1.59. The lowest BCUT2D eigenvalue weighted by Gasteiger charge is -2.17. The number of nitrogens with two attached hydrogens (primary N) is 1. The van der Waals surface area contributed by atoms with Gasteiger partial charge in [-0.2, -0.15) is 5.10 Å². The van der Waals surface area contributed by atoms with Gasteiger partial charge in [0.05, 0.1) is 36.6 Å². The highest BCUT2D eigenvalue weighted by molar-refractivity contribution is 6.30. The molecule has 0 fully saturated rings. The lowest BCUT2D eigenvalue weighted by molar-refractivity contribution is 0.363. The highest BCUT2D eigenvalue weighted by atomic mass is 35.5. The lowest BCUT2D eigenvalue weighted by atomic mass is 10.1. The van der Waals surface area contributed by atoms with Crippen LogP contribution in [0.5, 0.6) is 5.75 Å². The Balaban J connectivity index is 2.31. The average Bonchev–Trinajstić information content (AvgIpc) is 2.88. The number of methoxy groups -OCH3 is 1. The largest absolute Gasteiger partial charge is 0.493 e. The Bertz CT molecular complexity index is 582. The molecule has 0 amide bonds. The summed E-state index contributed by atoms with van der Waals surface area (Å²) in [7, 11) is 5.64. The van der Waals surface area contributed by atoms with Gasteiger partial charge >= 0.3 is 0 Å². The van der Waals surface area contributed by atoms with Crippen LogP contribution in [0.3, 0.4) is 0 Å². The summed E-state index contributed by atoms with van der Waals surface area (Å²) >= 11 is 5.86. The molecule has 114 valence electrons. The fourth-order valence-electron chi connectivity index (χ4n) is 2.03. The first kappa shape index (κ1) is 15.8. The van der Waals surface area contributed by atoms with Crippen molar-refractivity contribution in [2.45, 2.75) is 12.6 Å². The number of hydrogen-bond donors (Lipinski definition) is 1. The van der Waals surface area contributed by atoms with Gasteiger partial charge in [-0.3, -0.25) is 9.67 Å². The number of rotatable bonds is 6. The maximum atomic E-state index is 6.33. The smallest absolute Gasteiger partial charge is 0.161 e. The minimum absolute atomic E-state index is 0.415. The van der Waals surface area contributed by atoms with Crippen molar-refractivity contribution in [2.24, 2.45) is 5.73 Å². The maximum absolute atomic E-state index is 6.33. The quantitative estimate of drug-likeness (QED) is 0.877. The van der Waals surface area contributed by atoms with E-state index in [1.165, 1.54) is 0 Å². The standard InChI is InChI=1S/C14H20ClN5O/c1-19(2)6-7-20-14(12(21-3)9-18-20)13(16)11-5-4-10(15)8-17-11/h4-5,8-9,13H,6-7,16H2,1-3H3. The zero-order chi connectivity index (χ0) is 15.4. The molecule has 0 aromatic carbocycles. The minimum Gasteiger partial charge on any atom is -0.493 e. The molecule has 21 heavy (non-hydrogen) atoms. The summed E-state index contributed by atoms with van der Waals surface area (Å²) in [5, 5.41) is 4.94. The maximum Gasteiger partial charge on any atom is 0.161 e. The zero-order valence-corrected chi connectivity index (χ0v) is 13.2. The number of aromatic nitrogens is 3. The van der Waals surface area contributed by atoms with E-state index in [2.05, 4.69) is 15.0 Å². The van der Waals surface area contributed by atoms with Crippen LogP contribution in [0.25, 0.3) is 0 Å². The molecular formula is C14H20ClN5O. The van der Waals surface area contributed by atoms with Gasteiger partial charge in [-0.15, -0.1) is 0 Å². The second-order valence-electron chi connectivity index (χ2n) is 5.00. The molecule has 2 N–H and O–H groups in total. The van der Waals surface area contributed by atoms with Crippen molar-refractivity contribution in [3.63, 3.8) is 0 Å². The first-order chi connectivity index (χ1) is 10.0. The summed E-state index contributed by atoms with van der Waals surface area (Å²) in [6, 6.07) is 3.17. The van der Waals surface area contributed by atoms with Crippen LogP contribution in [0.15, 0.2) is 24.5 Å². The first-order valence-corrected chi connectivity index (χ1v) is 7.02. The zero-order valence-electron chi connectivity index (χ0n) is 12.5. The van der Waals surface area contributed by atoms with Crippen LogP contribution in [0, 0.1) is 0 Å². The Kier molecular flexibility index (Phi) is 5.17. The molecule has 1 atom stereocenters. The first-order valence-electron chi connectivity index (χ1n) is 6.64. The third kappa shape index (κ3) is 3.72. The second-order valence-corrected chi connectivity index (χ2v) is 5.44. The Hall–Kier alpha value is -1.63. The summed E-state index contributed by atoms with van der Waals surface area (Å²) < 4.78 is 7.23. The van der Waals surface area contributed by atoms with E-state index < -0.39 is 6.04 Å². The Morgan fingerprint density at radius 3 is 2.71 bits per heavy atom. The van der Waals surface area contributed by atoms with E-state index in [1.807, 2.05) is 24.8 Å². The molecule has 2 heterocycles. The van der Waals surface area contributed by atoms with Crippen LogP contribution >= 0.6 is 11.6 Å². The molecule has 0 bridgehead atoms. The normalized spacial score (nSPS) is 12.7. The van der Waals surface area contributed by atoms with E-state index in [-0.39, 0.29) is 0 Å². The van der Waals surface area contributed by atoms with Crippen molar-refractivity contribution >= 4 is 11.6 Å². The molecule has 0 radical (unpaired) electrons. The summed E-state index contributed by atoms with van der Waals surface area (Å²) in [6.07, 6.45) is 3.27. The van der Waals surface area contributed by atoms with Crippen LogP contribution in [0.1, 0.15) is 17.4 Å². The van der Waals surface area contributed by atoms with Gasteiger partial charge in [0.25, 0.3) is 0 Å². The molecule has 0 aliphatic heterocycles. The predicted octanol–water partition coefficient (Wildman–Crippen LogP) is 1.55. The molecular weight excluding hydrogens is 290 g/mol. The van der Waals surface area contributed by atoms with Gasteiger partial charge in [0, 0.05) is 12.7 Å². The third-order valence-electron chi connectivity index (χ3n) is 3.19. The van der Waals surface area contributed by atoms with Gasteiger partial charge in [0.15, 0.2) is 5.75 Å². The van der Waals surface area contributed by atoms with Crippen LogP contribution < -0.4 is 10.5 Å². The van der Waals surface area contributed by atoms with E-state index in [0.29, 0.717) is 10.8 Å². The van der Waals surface area contributed by atoms with Gasteiger partial charge in [0.1, 0.15) is 5.69 Å². The molecule has 2 rings (SSSR count). The van der Waals surface area contributed by atoms with Crippen LogP contribution in [0.2, 0.25) is 5.02 Å². The molecule has 0 saturated heterocycles. The van der Waals surface area contributed by atoms with E-state index in [4.69, 9.17) is 22.1 Å². The van der Waals surface area contributed by atoms with Crippen molar-refractivity contribution in [3.05, 3.63) is 40.9 Å². The van der Waals surface area contributed by atoms with Crippen molar-refractivity contribution in [2.75, 3.05) is 27.7 Å². The van der Waals surface area contributed by atoms with Crippen LogP contribution in [0.4, 0.5) is 0 Å². The predicted molar refractivity (Wildman–Crippen MR) is 82.6 cm³/mol. The fraction of sp³-hybridized carbons (Fsp3) is 0.429. The molecule has 6 nitrogen and oxygen atoms in total. The van der Waals surface area contributed by atoms with Crippen LogP contribution in [-0.4, -0.2) is 47.4 Å².